The highest BCUT2D eigenvalue weighted by Gasteiger charge is 2.30. The Morgan fingerprint density at radius 2 is 2.23 bits per heavy atom. The normalized spacial score (nSPS) is 29.1. The maximum atomic E-state index is 5.66. The van der Waals surface area contributed by atoms with Gasteiger partial charge < -0.3 is 9.73 Å². The van der Waals surface area contributed by atoms with Crippen molar-refractivity contribution in [3.05, 3.63) is 23.7 Å². The fourth-order valence-electron chi connectivity index (χ4n) is 2.00. The molecule has 13 heavy (non-hydrogen) atoms. The summed E-state index contributed by atoms with van der Waals surface area (Å²) in [5.41, 5.74) is 0.0759. The molecule has 72 valence electrons. The van der Waals surface area contributed by atoms with Crippen LogP contribution in [0.25, 0.3) is 0 Å². The van der Waals surface area contributed by atoms with Crippen molar-refractivity contribution in [3.8, 4) is 0 Å². The van der Waals surface area contributed by atoms with Crippen LogP contribution < -0.4 is 5.32 Å². The number of hydrogen-bond donors (Lipinski definition) is 1. The van der Waals surface area contributed by atoms with E-state index in [4.69, 9.17) is 4.42 Å². The van der Waals surface area contributed by atoms with Crippen molar-refractivity contribution in [1.29, 1.82) is 0 Å². The van der Waals surface area contributed by atoms with Crippen LogP contribution in [0.3, 0.4) is 0 Å². The van der Waals surface area contributed by atoms with Crippen molar-refractivity contribution in [2.45, 2.75) is 38.6 Å². The molecule has 0 bridgehead atoms. The third kappa shape index (κ3) is 1.63. The van der Waals surface area contributed by atoms with Gasteiger partial charge >= 0.3 is 0 Å². The minimum Gasteiger partial charge on any atom is -0.464 e. The third-order valence-corrected chi connectivity index (χ3v) is 2.90. The first kappa shape index (κ1) is 8.82. The molecule has 0 radical (unpaired) electrons. The van der Waals surface area contributed by atoms with Crippen molar-refractivity contribution in [2.75, 3.05) is 6.54 Å². The highest BCUT2D eigenvalue weighted by molar-refractivity contribution is 5.15. The molecule has 1 N–H and O–H groups in total. The molecular formula is C11H17NO. The molecule has 1 saturated heterocycles. The number of nitrogens with one attached hydrogen (secondary N) is 1. The van der Waals surface area contributed by atoms with E-state index in [2.05, 4.69) is 18.3 Å². The number of rotatable bonds is 1. The van der Waals surface area contributed by atoms with Crippen molar-refractivity contribution in [3.63, 3.8) is 0 Å². The lowest BCUT2D eigenvalue weighted by Gasteiger charge is -2.33. The van der Waals surface area contributed by atoms with E-state index < -0.39 is 0 Å². The largest absolute Gasteiger partial charge is 0.464 e. The summed E-state index contributed by atoms with van der Waals surface area (Å²) in [5, 5.41) is 3.53. The SMILES string of the molecule is Cc1ccc(C2(C)CCCCN2)o1. The first-order valence-corrected chi connectivity index (χ1v) is 5.03. The van der Waals surface area contributed by atoms with Crippen LogP contribution in [0.5, 0.6) is 0 Å². The Morgan fingerprint density at radius 1 is 1.38 bits per heavy atom. The van der Waals surface area contributed by atoms with Gasteiger partial charge in [0.05, 0.1) is 5.54 Å². The molecular weight excluding hydrogens is 162 g/mol. The summed E-state index contributed by atoms with van der Waals surface area (Å²) >= 11 is 0. The van der Waals surface area contributed by atoms with Crippen LogP contribution in [0.2, 0.25) is 0 Å². The Kier molecular flexibility index (Phi) is 2.16. The molecule has 1 aromatic rings. The van der Waals surface area contributed by atoms with E-state index in [9.17, 15) is 0 Å². The van der Waals surface area contributed by atoms with E-state index in [0.717, 1.165) is 18.1 Å². The zero-order chi connectivity index (χ0) is 9.31. The number of hydrogen-bond acceptors (Lipinski definition) is 2. The van der Waals surface area contributed by atoms with Crippen LogP contribution in [0.4, 0.5) is 0 Å². The average molecular weight is 179 g/mol. The van der Waals surface area contributed by atoms with Crippen LogP contribution in [0, 0.1) is 6.92 Å². The second kappa shape index (κ2) is 3.18. The van der Waals surface area contributed by atoms with Gasteiger partial charge in [0.2, 0.25) is 0 Å². The number of aryl methyl sites for hydroxylation is 1. The lowest BCUT2D eigenvalue weighted by Crippen LogP contribution is -2.42. The highest BCUT2D eigenvalue weighted by Crippen LogP contribution is 2.30. The molecule has 0 saturated carbocycles. The van der Waals surface area contributed by atoms with E-state index >= 15 is 0 Å². The fraction of sp³-hybridized carbons (Fsp3) is 0.636. The van der Waals surface area contributed by atoms with Crippen LogP contribution in [-0.2, 0) is 5.54 Å². The summed E-state index contributed by atoms with van der Waals surface area (Å²) in [5.74, 6) is 2.09. The molecule has 0 amide bonds. The zero-order valence-electron chi connectivity index (χ0n) is 8.39. The van der Waals surface area contributed by atoms with E-state index in [1.165, 1.54) is 19.3 Å². The van der Waals surface area contributed by atoms with Crippen molar-refractivity contribution in [1.82, 2.24) is 5.32 Å². The predicted molar refractivity (Wildman–Crippen MR) is 52.7 cm³/mol. The lowest BCUT2D eigenvalue weighted by molar-refractivity contribution is 0.233. The Balaban J connectivity index is 2.22. The Bertz CT molecular complexity index is 284. The molecule has 2 heteroatoms. The van der Waals surface area contributed by atoms with Crippen LogP contribution in [-0.4, -0.2) is 6.54 Å². The van der Waals surface area contributed by atoms with Crippen molar-refractivity contribution in [2.24, 2.45) is 0 Å². The van der Waals surface area contributed by atoms with Crippen LogP contribution in [0.15, 0.2) is 16.5 Å². The van der Waals surface area contributed by atoms with Gasteiger partial charge in [0.1, 0.15) is 11.5 Å². The van der Waals surface area contributed by atoms with Gasteiger partial charge in [-0.3, -0.25) is 0 Å². The van der Waals surface area contributed by atoms with Gasteiger partial charge in [-0.25, -0.2) is 0 Å². The predicted octanol–water partition coefficient (Wildman–Crippen LogP) is 2.58. The molecule has 1 atom stereocenters. The van der Waals surface area contributed by atoms with Crippen molar-refractivity contribution >= 4 is 0 Å². The van der Waals surface area contributed by atoms with Gasteiger partial charge in [0.25, 0.3) is 0 Å². The number of furan rings is 1. The molecule has 2 nitrogen and oxygen atoms in total. The summed E-state index contributed by atoms with van der Waals surface area (Å²) in [6, 6.07) is 4.13. The third-order valence-electron chi connectivity index (χ3n) is 2.90. The smallest absolute Gasteiger partial charge is 0.123 e. The Labute approximate surface area is 79.3 Å². The molecule has 2 heterocycles. The Hall–Kier alpha value is -0.760. The summed E-state index contributed by atoms with van der Waals surface area (Å²) in [7, 11) is 0. The second-order valence-electron chi connectivity index (χ2n) is 4.13. The molecule has 1 fully saturated rings. The molecule has 1 unspecified atom stereocenters. The van der Waals surface area contributed by atoms with Gasteiger partial charge in [-0.1, -0.05) is 0 Å². The summed E-state index contributed by atoms with van der Waals surface area (Å²) in [4.78, 5) is 0. The minimum absolute atomic E-state index is 0.0759. The van der Waals surface area contributed by atoms with E-state index in [-0.39, 0.29) is 5.54 Å². The Morgan fingerprint density at radius 3 is 2.77 bits per heavy atom. The molecule has 0 aromatic carbocycles. The molecule has 0 aliphatic carbocycles. The van der Waals surface area contributed by atoms with Gasteiger partial charge in [0.15, 0.2) is 0 Å². The molecule has 2 rings (SSSR count). The molecule has 0 spiro atoms. The van der Waals surface area contributed by atoms with Crippen molar-refractivity contribution < 1.29 is 4.42 Å². The first-order valence-electron chi connectivity index (χ1n) is 5.03. The highest BCUT2D eigenvalue weighted by atomic mass is 16.3. The maximum absolute atomic E-state index is 5.66. The van der Waals surface area contributed by atoms with E-state index in [0.29, 0.717) is 0 Å². The lowest BCUT2D eigenvalue weighted by atomic mass is 9.89. The fourth-order valence-corrected chi connectivity index (χ4v) is 2.00. The quantitative estimate of drug-likeness (QED) is 0.716. The molecule has 1 aliphatic heterocycles. The van der Waals surface area contributed by atoms with Gasteiger partial charge in [0, 0.05) is 0 Å². The van der Waals surface area contributed by atoms with E-state index in [1.54, 1.807) is 0 Å². The number of piperidine rings is 1. The first-order chi connectivity index (χ1) is 6.21. The molecule has 1 aliphatic rings. The topological polar surface area (TPSA) is 25.2 Å². The minimum atomic E-state index is 0.0759. The summed E-state index contributed by atoms with van der Waals surface area (Å²) in [6.07, 6.45) is 3.76. The standard InChI is InChI=1S/C11H17NO/c1-9-5-6-10(13-9)11(2)7-3-4-8-12-11/h5-6,12H,3-4,7-8H2,1-2H3. The second-order valence-corrected chi connectivity index (χ2v) is 4.13. The average Bonchev–Trinajstić information content (AvgIpc) is 2.54. The molecule has 1 aromatic heterocycles. The monoisotopic (exact) mass is 179 g/mol. The summed E-state index contributed by atoms with van der Waals surface area (Å²) in [6.45, 7) is 5.33. The summed E-state index contributed by atoms with van der Waals surface area (Å²) < 4.78 is 5.66. The van der Waals surface area contributed by atoms with E-state index in [1.807, 2.05) is 13.0 Å². The van der Waals surface area contributed by atoms with Gasteiger partial charge in [-0.15, -0.1) is 0 Å². The van der Waals surface area contributed by atoms with Gasteiger partial charge in [-0.05, 0) is 51.8 Å². The maximum Gasteiger partial charge on any atom is 0.123 e. The zero-order valence-corrected chi connectivity index (χ0v) is 8.39. The van der Waals surface area contributed by atoms with Gasteiger partial charge in [-0.2, -0.15) is 0 Å². The van der Waals surface area contributed by atoms with Crippen LogP contribution >= 0.6 is 0 Å². The van der Waals surface area contributed by atoms with Crippen LogP contribution in [0.1, 0.15) is 37.7 Å².